The normalized spacial score (nSPS) is 10.4. The molecule has 0 unspecified atom stereocenters. The molecule has 0 bridgehead atoms. The van der Waals surface area contributed by atoms with Crippen LogP contribution in [-0.4, -0.2) is 21.7 Å². The summed E-state index contributed by atoms with van der Waals surface area (Å²) in [5.74, 6) is -4.03. The topological polar surface area (TPSA) is 114 Å². The van der Waals surface area contributed by atoms with Crippen LogP contribution in [0, 0.1) is 11.6 Å². The Morgan fingerprint density at radius 1 is 1.30 bits per heavy atom. The van der Waals surface area contributed by atoms with Gasteiger partial charge in [-0.25, -0.2) is 18.5 Å². The van der Waals surface area contributed by atoms with Crippen LogP contribution in [0.15, 0.2) is 33.7 Å². The van der Waals surface area contributed by atoms with E-state index in [-0.39, 0.29) is 10.3 Å². The van der Waals surface area contributed by atoms with Crippen LogP contribution in [0.1, 0.15) is 10.4 Å². The number of aromatic carboxylic acids is 1. The summed E-state index contributed by atoms with van der Waals surface area (Å²) in [7, 11) is 0. The highest BCUT2D eigenvalue weighted by atomic mass is 79.9. The van der Waals surface area contributed by atoms with Gasteiger partial charge in [0.2, 0.25) is 5.82 Å². The second-order valence-corrected chi connectivity index (χ2v) is 5.22. The largest absolute Gasteiger partial charge is 0.478 e. The van der Waals surface area contributed by atoms with E-state index >= 15 is 0 Å². The predicted octanol–water partition coefficient (Wildman–Crippen LogP) is 2.26. The van der Waals surface area contributed by atoms with E-state index in [1.807, 2.05) is 0 Å². The van der Waals surface area contributed by atoms with Gasteiger partial charge in [0.1, 0.15) is 11.4 Å². The van der Waals surface area contributed by atoms with Gasteiger partial charge in [-0.15, -0.1) is 0 Å². The molecule has 1 aromatic carbocycles. The molecule has 0 aliphatic carbocycles. The SMILES string of the molecule is NC(=O)n1cc(C(=O)O)c(Nc2ccc(Br)cc2F)c(F)c1=O. The molecule has 2 rings (SSSR count). The lowest BCUT2D eigenvalue weighted by Crippen LogP contribution is -2.34. The van der Waals surface area contributed by atoms with Gasteiger partial charge >= 0.3 is 12.0 Å². The van der Waals surface area contributed by atoms with Crippen LogP contribution in [0.5, 0.6) is 0 Å². The molecule has 0 fully saturated rings. The minimum absolute atomic E-state index is 0.113. The monoisotopic (exact) mass is 387 g/mol. The zero-order valence-electron chi connectivity index (χ0n) is 11.1. The lowest BCUT2D eigenvalue weighted by atomic mass is 10.2. The van der Waals surface area contributed by atoms with E-state index in [1.165, 1.54) is 12.1 Å². The van der Waals surface area contributed by atoms with Gasteiger partial charge in [-0.3, -0.25) is 4.79 Å². The lowest BCUT2D eigenvalue weighted by molar-refractivity contribution is 0.0696. The van der Waals surface area contributed by atoms with E-state index in [9.17, 15) is 23.2 Å². The Bertz CT molecular complexity index is 882. The van der Waals surface area contributed by atoms with Crippen molar-refractivity contribution in [3.63, 3.8) is 0 Å². The molecule has 23 heavy (non-hydrogen) atoms. The summed E-state index contributed by atoms with van der Waals surface area (Å²) < 4.78 is 28.4. The smallest absolute Gasteiger partial charge is 0.339 e. The van der Waals surface area contributed by atoms with Crippen LogP contribution in [0.25, 0.3) is 0 Å². The Labute approximate surface area is 135 Å². The van der Waals surface area contributed by atoms with Crippen LogP contribution in [0.4, 0.5) is 25.0 Å². The van der Waals surface area contributed by atoms with Crippen molar-refractivity contribution in [2.45, 2.75) is 0 Å². The number of carbonyl (C=O) groups excluding carboxylic acids is 1. The van der Waals surface area contributed by atoms with E-state index in [2.05, 4.69) is 21.2 Å². The summed E-state index contributed by atoms with van der Waals surface area (Å²) >= 11 is 3.03. The maximum absolute atomic E-state index is 14.1. The fourth-order valence-electron chi connectivity index (χ4n) is 1.76. The Morgan fingerprint density at radius 2 is 1.96 bits per heavy atom. The molecule has 1 aromatic heterocycles. The predicted molar refractivity (Wildman–Crippen MR) is 80.0 cm³/mol. The number of aromatic nitrogens is 1. The number of pyridine rings is 1. The maximum Gasteiger partial charge on any atom is 0.339 e. The van der Waals surface area contributed by atoms with Crippen molar-refractivity contribution in [3.05, 3.63) is 56.4 Å². The second kappa shape index (κ2) is 6.16. The highest BCUT2D eigenvalue weighted by Gasteiger charge is 2.23. The molecule has 2 aromatic rings. The molecule has 0 atom stereocenters. The van der Waals surface area contributed by atoms with Crippen molar-refractivity contribution in [1.82, 2.24) is 4.57 Å². The average Bonchev–Trinajstić information content (AvgIpc) is 2.45. The molecule has 0 radical (unpaired) electrons. The van der Waals surface area contributed by atoms with Crippen LogP contribution >= 0.6 is 15.9 Å². The van der Waals surface area contributed by atoms with Gasteiger partial charge in [-0.05, 0) is 18.2 Å². The van der Waals surface area contributed by atoms with Gasteiger partial charge < -0.3 is 16.2 Å². The van der Waals surface area contributed by atoms with Gasteiger partial charge in [0.05, 0.1) is 11.4 Å². The molecule has 0 saturated carbocycles. The number of rotatable bonds is 3. The molecule has 1 amide bonds. The third-order valence-electron chi connectivity index (χ3n) is 2.81. The fraction of sp³-hybridized carbons (Fsp3) is 0. The van der Waals surface area contributed by atoms with Crippen LogP contribution in [-0.2, 0) is 0 Å². The molecule has 120 valence electrons. The number of nitrogens with two attached hydrogens (primary N) is 1. The number of carbonyl (C=O) groups is 2. The maximum atomic E-state index is 14.1. The quantitative estimate of drug-likeness (QED) is 0.747. The minimum atomic E-state index is -1.64. The molecule has 7 nitrogen and oxygen atoms in total. The number of nitrogens with zero attached hydrogens (tertiary/aromatic N) is 1. The Hall–Kier alpha value is -2.75. The Kier molecular flexibility index (Phi) is 4.45. The molecule has 0 spiro atoms. The van der Waals surface area contributed by atoms with E-state index in [1.54, 1.807) is 0 Å². The first-order valence-electron chi connectivity index (χ1n) is 5.92. The summed E-state index contributed by atoms with van der Waals surface area (Å²) in [5, 5.41) is 11.3. The van der Waals surface area contributed by atoms with Gasteiger partial charge in [0.15, 0.2) is 0 Å². The molecule has 10 heteroatoms. The molecule has 0 aliphatic heterocycles. The molecular weight excluding hydrogens is 380 g/mol. The van der Waals surface area contributed by atoms with Gasteiger partial charge in [0.25, 0.3) is 5.56 Å². The van der Waals surface area contributed by atoms with E-state index in [0.29, 0.717) is 10.7 Å². The second-order valence-electron chi connectivity index (χ2n) is 4.30. The summed E-state index contributed by atoms with van der Waals surface area (Å²) in [4.78, 5) is 34.0. The highest BCUT2D eigenvalue weighted by molar-refractivity contribution is 9.10. The Morgan fingerprint density at radius 3 is 2.48 bits per heavy atom. The Balaban J connectivity index is 2.66. The first-order chi connectivity index (χ1) is 10.7. The van der Waals surface area contributed by atoms with Gasteiger partial charge in [-0.1, -0.05) is 15.9 Å². The molecule has 4 N–H and O–H groups in total. The molecular formula is C13H8BrF2N3O4. The summed E-state index contributed by atoms with van der Waals surface area (Å²) in [6.07, 6.45) is 0.565. The van der Waals surface area contributed by atoms with E-state index < -0.39 is 40.4 Å². The standard InChI is InChI=1S/C13H8BrF2N3O4/c14-5-1-2-8(7(15)3-5)18-10-6(12(21)22)4-19(13(17)23)11(20)9(10)16/h1-4,18H,(H2,17,23)(H,21,22). The zero-order chi connectivity index (χ0) is 17.3. The summed E-state index contributed by atoms with van der Waals surface area (Å²) in [6.45, 7) is 0. The number of hydrogen-bond acceptors (Lipinski definition) is 4. The van der Waals surface area contributed by atoms with Crippen molar-refractivity contribution in [3.8, 4) is 0 Å². The van der Waals surface area contributed by atoms with Crippen molar-refractivity contribution >= 4 is 39.3 Å². The number of halogens is 3. The zero-order valence-corrected chi connectivity index (χ0v) is 12.7. The number of carboxylic acids is 1. The highest BCUT2D eigenvalue weighted by Crippen LogP contribution is 2.26. The summed E-state index contributed by atoms with van der Waals surface area (Å²) in [6, 6.07) is 2.35. The fourth-order valence-corrected chi connectivity index (χ4v) is 2.09. The third-order valence-corrected chi connectivity index (χ3v) is 3.31. The van der Waals surface area contributed by atoms with Crippen molar-refractivity contribution in [1.29, 1.82) is 0 Å². The summed E-state index contributed by atoms with van der Waals surface area (Å²) in [5.41, 5.74) is 1.62. The van der Waals surface area contributed by atoms with Crippen LogP contribution in [0.2, 0.25) is 0 Å². The lowest BCUT2D eigenvalue weighted by Gasteiger charge is -2.13. The number of nitrogens with one attached hydrogen (secondary N) is 1. The third kappa shape index (κ3) is 3.21. The van der Waals surface area contributed by atoms with Crippen LogP contribution < -0.4 is 16.6 Å². The average molecular weight is 388 g/mol. The number of anilines is 2. The molecule has 0 aliphatic rings. The van der Waals surface area contributed by atoms with Crippen molar-refractivity contribution < 1.29 is 23.5 Å². The van der Waals surface area contributed by atoms with E-state index in [0.717, 1.165) is 6.07 Å². The van der Waals surface area contributed by atoms with Gasteiger partial charge in [-0.2, -0.15) is 4.39 Å². The number of benzene rings is 1. The van der Waals surface area contributed by atoms with Crippen LogP contribution in [0.3, 0.4) is 0 Å². The molecule has 0 saturated heterocycles. The molecule has 1 heterocycles. The van der Waals surface area contributed by atoms with Crippen molar-refractivity contribution in [2.75, 3.05) is 5.32 Å². The van der Waals surface area contributed by atoms with E-state index in [4.69, 9.17) is 10.8 Å². The number of amides is 1. The number of hydrogen-bond donors (Lipinski definition) is 3. The van der Waals surface area contributed by atoms with Crippen molar-refractivity contribution in [2.24, 2.45) is 5.73 Å². The van der Waals surface area contributed by atoms with Gasteiger partial charge in [0, 0.05) is 10.7 Å². The number of primary amides is 1. The minimum Gasteiger partial charge on any atom is -0.478 e. The first kappa shape index (κ1) is 16.6. The number of carboxylic acid groups (broad SMARTS) is 1. The first-order valence-corrected chi connectivity index (χ1v) is 6.72.